The van der Waals surface area contributed by atoms with Crippen LogP contribution in [0.5, 0.6) is 0 Å². The predicted molar refractivity (Wildman–Crippen MR) is 241 cm³/mol. The minimum absolute atomic E-state index is 0.0140. The molecule has 0 radical (unpaired) electrons. The number of nitro benzene ring substituents is 1. The fourth-order valence-corrected chi connectivity index (χ4v) is 15.0. The maximum Gasteiger partial charge on any atom is 0.271 e. The van der Waals surface area contributed by atoms with Crippen molar-refractivity contribution in [1.29, 1.82) is 0 Å². The molecule has 0 fully saturated rings. The second-order valence-corrected chi connectivity index (χ2v) is 19.5. The zero-order valence-electron chi connectivity index (χ0n) is 29.8. The maximum atomic E-state index is 11.7. The first-order valence-electron chi connectivity index (χ1n) is 18.3. The Kier molecular flexibility index (Phi) is 8.36. The Morgan fingerprint density at radius 1 is 0.429 bits per heavy atom. The molecule has 0 aliphatic heterocycles. The summed E-state index contributed by atoms with van der Waals surface area (Å²) < 4.78 is 5.85. The van der Waals surface area contributed by atoms with Crippen LogP contribution in [-0.2, 0) is 0 Å². The van der Waals surface area contributed by atoms with Crippen LogP contribution >= 0.6 is 31.9 Å². The van der Waals surface area contributed by atoms with E-state index in [-0.39, 0.29) is 10.6 Å². The summed E-state index contributed by atoms with van der Waals surface area (Å²) in [6.07, 6.45) is 0. The largest absolute Gasteiger partial charge is 0.309 e. The Balaban J connectivity index is 1.27. The summed E-state index contributed by atoms with van der Waals surface area (Å²) in [4.78, 5) is 11.3. The van der Waals surface area contributed by atoms with E-state index in [1.165, 1.54) is 31.5 Å². The topological polar surface area (TPSA) is 53.0 Å². The van der Waals surface area contributed by atoms with Gasteiger partial charge >= 0.3 is 0 Å². The standard InChI is InChI=1S/C48H31Br2N3O2Si/c49-42-29-33(53(54)55)30-43(50)48(42)52-45-23-13-11-21-39(45)41-28-32(24-27-46(41)52)51-44-22-12-10-20-38(44)40-26-25-37(31-47(40)51)56(34-14-4-1-5-15-34,35-16-6-2-7-17-35)36-18-8-3-9-19-36/h1-31H. The van der Waals surface area contributed by atoms with Crippen LogP contribution in [0.4, 0.5) is 5.69 Å². The molecule has 10 aromatic rings. The lowest BCUT2D eigenvalue weighted by Crippen LogP contribution is -2.74. The molecule has 0 saturated carbocycles. The van der Waals surface area contributed by atoms with Crippen molar-refractivity contribution in [3.63, 3.8) is 0 Å². The number of para-hydroxylation sites is 2. The van der Waals surface area contributed by atoms with Crippen LogP contribution in [0.1, 0.15) is 0 Å². The second-order valence-electron chi connectivity index (χ2n) is 14.0. The Hall–Kier alpha value is -6.06. The van der Waals surface area contributed by atoms with Crippen LogP contribution in [0, 0.1) is 10.1 Å². The number of aromatic nitrogens is 2. The molecule has 0 saturated heterocycles. The highest BCUT2D eigenvalue weighted by Crippen LogP contribution is 2.41. The molecular weight excluding hydrogens is 838 g/mol. The minimum Gasteiger partial charge on any atom is -0.309 e. The second kappa shape index (κ2) is 13.6. The van der Waals surface area contributed by atoms with Gasteiger partial charge in [0, 0.05) is 48.3 Å². The van der Waals surface area contributed by atoms with Gasteiger partial charge in [0.15, 0.2) is 8.07 Å². The van der Waals surface area contributed by atoms with Crippen molar-refractivity contribution in [3.05, 3.63) is 207 Å². The fraction of sp³-hybridized carbons (Fsp3) is 0. The van der Waals surface area contributed by atoms with Crippen LogP contribution in [0.25, 0.3) is 55.0 Å². The molecule has 0 spiro atoms. The summed E-state index contributed by atoms with van der Waals surface area (Å²) in [5.74, 6) is 0. The summed E-state index contributed by atoms with van der Waals surface area (Å²) in [6, 6.07) is 67.1. The van der Waals surface area contributed by atoms with E-state index in [0.29, 0.717) is 8.95 Å². The van der Waals surface area contributed by atoms with Gasteiger partial charge in [-0.1, -0.05) is 140 Å². The Morgan fingerprint density at radius 2 is 0.893 bits per heavy atom. The van der Waals surface area contributed by atoms with Gasteiger partial charge in [-0.3, -0.25) is 10.1 Å². The number of benzene rings is 8. The lowest BCUT2D eigenvalue weighted by atomic mass is 10.1. The molecular formula is C48H31Br2N3O2Si. The molecule has 5 nitrogen and oxygen atoms in total. The average molecular weight is 870 g/mol. The minimum atomic E-state index is -2.79. The molecule has 0 aliphatic carbocycles. The highest BCUT2D eigenvalue weighted by atomic mass is 79.9. The summed E-state index contributed by atoms with van der Waals surface area (Å²) in [5.41, 5.74) is 6.15. The van der Waals surface area contributed by atoms with Crippen molar-refractivity contribution in [2.45, 2.75) is 0 Å². The lowest BCUT2D eigenvalue weighted by molar-refractivity contribution is -0.385. The van der Waals surface area contributed by atoms with Crippen LogP contribution < -0.4 is 20.7 Å². The van der Waals surface area contributed by atoms with Gasteiger partial charge in [0.25, 0.3) is 5.69 Å². The van der Waals surface area contributed by atoms with Crippen LogP contribution in [0.2, 0.25) is 0 Å². The SMILES string of the molecule is O=[N+]([O-])c1cc(Br)c(-n2c3ccccc3c3cc(-n4c5ccccc5c5ccc([Si](c6ccccc6)(c6ccccc6)c6ccccc6)cc54)ccc32)c(Br)c1. The quantitative estimate of drug-likeness (QED) is 0.0693. The summed E-state index contributed by atoms with van der Waals surface area (Å²) in [6.45, 7) is 0. The summed E-state index contributed by atoms with van der Waals surface area (Å²) >= 11 is 7.35. The zero-order valence-corrected chi connectivity index (χ0v) is 34.0. The van der Waals surface area contributed by atoms with E-state index >= 15 is 0 Å². The van der Waals surface area contributed by atoms with E-state index in [9.17, 15) is 10.1 Å². The highest BCUT2D eigenvalue weighted by molar-refractivity contribution is 9.11. The van der Waals surface area contributed by atoms with Crippen LogP contribution in [0.3, 0.4) is 0 Å². The number of nitrogens with zero attached hydrogens (tertiary/aromatic N) is 3. The van der Waals surface area contributed by atoms with Crippen molar-refractivity contribution < 1.29 is 4.92 Å². The van der Waals surface area contributed by atoms with E-state index in [4.69, 9.17) is 0 Å². The van der Waals surface area contributed by atoms with E-state index in [2.05, 4.69) is 211 Å². The molecule has 2 aromatic heterocycles. The van der Waals surface area contributed by atoms with Crippen molar-refractivity contribution in [2.24, 2.45) is 0 Å². The lowest BCUT2D eigenvalue weighted by Gasteiger charge is -2.34. The van der Waals surface area contributed by atoms with Crippen LogP contribution in [0.15, 0.2) is 197 Å². The van der Waals surface area contributed by atoms with Crippen molar-refractivity contribution in [2.75, 3.05) is 0 Å². The molecule has 0 amide bonds. The fourth-order valence-electron chi connectivity index (χ4n) is 8.76. The third-order valence-electron chi connectivity index (χ3n) is 11.1. The summed E-state index contributed by atoms with van der Waals surface area (Å²) in [5, 5.41) is 21.6. The van der Waals surface area contributed by atoms with E-state index in [1.54, 1.807) is 12.1 Å². The van der Waals surface area contributed by atoms with Gasteiger partial charge in [-0.25, -0.2) is 0 Å². The Labute approximate surface area is 340 Å². The first-order valence-corrected chi connectivity index (χ1v) is 21.9. The van der Waals surface area contributed by atoms with Crippen molar-refractivity contribution in [1.82, 2.24) is 9.13 Å². The van der Waals surface area contributed by atoms with E-state index < -0.39 is 8.07 Å². The summed E-state index contributed by atoms with van der Waals surface area (Å²) in [7, 11) is -2.79. The number of halogens is 2. The molecule has 0 bridgehead atoms. The molecule has 268 valence electrons. The number of nitro groups is 1. The van der Waals surface area contributed by atoms with E-state index in [0.717, 1.165) is 44.2 Å². The zero-order chi connectivity index (χ0) is 38.0. The van der Waals surface area contributed by atoms with Gasteiger partial charge in [-0.2, -0.15) is 0 Å². The highest BCUT2D eigenvalue weighted by Gasteiger charge is 2.41. The normalized spacial score (nSPS) is 11.9. The smallest absolute Gasteiger partial charge is 0.271 e. The molecule has 8 aromatic carbocycles. The maximum absolute atomic E-state index is 11.7. The van der Waals surface area contributed by atoms with Gasteiger partial charge in [0.2, 0.25) is 0 Å². The molecule has 10 rings (SSSR count). The number of hydrogen-bond donors (Lipinski definition) is 0. The monoisotopic (exact) mass is 867 g/mol. The number of rotatable bonds is 7. The van der Waals surface area contributed by atoms with E-state index in [1.807, 2.05) is 6.07 Å². The van der Waals surface area contributed by atoms with Gasteiger partial charge < -0.3 is 9.13 Å². The predicted octanol–water partition coefficient (Wildman–Crippen LogP) is 10.7. The first kappa shape index (κ1) is 34.4. The molecule has 2 heterocycles. The average Bonchev–Trinajstić information content (AvgIpc) is 3.74. The molecule has 8 heteroatoms. The van der Waals surface area contributed by atoms with Crippen molar-refractivity contribution >= 4 is 110 Å². The third-order valence-corrected chi connectivity index (χ3v) is 17.1. The molecule has 0 aliphatic rings. The van der Waals surface area contributed by atoms with Gasteiger partial charge in [0.1, 0.15) is 0 Å². The first-order chi connectivity index (χ1) is 27.4. The molecule has 0 atom stereocenters. The molecule has 56 heavy (non-hydrogen) atoms. The van der Waals surface area contributed by atoms with Crippen molar-refractivity contribution in [3.8, 4) is 11.4 Å². The van der Waals surface area contributed by atoms with Gasteiger partial charge in [-0.05, 0) is 89.0 Å². The van der Waals surface area contributed by atoms with Crippen LogP contribution in [-0.4, -0.2) is 22.1 Å². The molecule has 0 N–H and O–H groups in total. The Bertz CT molecular complexity index is 3020. The van der Waals surface area contributed by atoms with Gasteiger partial charge in [0.05, 0.1) is 32.7 Å². The van der Waals surface area contributed by atoms with Gasteiger partial charge in [-0.15, -0.1) is 0 Å². The number of hydrogen-bond acceptors (Lipinski definition) is 2. The Morgan fingerprint density at radius 3 is 1.45 bits per heavy atom. The third kappa shape index (κ3) is 5.24. The number of non-ortho nitro benzene ring substituents is 1. The molecule has 0 unspecified atom stereocenters. The number of fused-ring (bicyclic) bond motifs is 6.